The highest BCUT2D eigenvalue weighted by Gasteiger charge is 2.05. The number of aryl methyl sites for hydroxylation is 1. The minimum atomic E-state index is 0.933. The molecule has 2 heteroatoms. The summed E-state index contributed by atoms with van der Waals surface area (Å²) in [6.07, 6.45) is 1.06. The van der Waals surface area contributed by atoms with E-state index in [2.05, 4.69) is 31.7 Å². The highest BCUT2D eigenvalue weighted by atomic mass is 15.1. The Morgan fingerprint density at radius 1 is 1.20 bits per heavy atom. The summed E-state index contributed by atoms with van der Waals surface area (Å²) in [6, 6.07) is 6.14. The van der Waals surface area contributed by atoms with E-state index < -0.39 is 0 Å². The summed E-state index contributed by atoms with van der Waals surface area (Å²) in [4.78, 5) is 2.42. The second kappa shape index (κ2) is 5.76. The lowest BCUT2D eigenvalue weighted by molar-refractivity contribution is 0.308. The molecular weight excluding hydrogens is 184 g/mol. The van der Waals surface area contributed by atoms with Gasteiger partial charge >= 0.3 is 0 Å². The molecule has 0 fully saturated rings. The van der Waals surface area contributed by atoms with E-state index in [4.69, 9.17) is 5.73 Å². The van der Waals surface area contributed by atoms with Crippen LogP contribution in [-0.2, 0) is 6.42 Å². The van der Waals surface area contributed by atoms with Crippen molar-refractivity contribution >= 4 is 5.69 Å². The first-order chi connectivity index (χ1) is 7.19. The third-order valence-electron chi connectivity index (χ3n) is 3.02. The molecule has 0 spiro atoms. The molecule has 0 atom stereocenters. The minimum absolute atomic E-state index is 0.933. The van der Waals surface area contributed by atoms with Gasteiger partial charge in [0.1, 0.15) is 0 Å². The third-order valence-corrected chi connectivity index (χ3v) is 3.02. The molecule has 15 heavy (non-hydrogen) atoms. The number of hydrogen-bond donors (Lipinski definition) is 1. The summed E-state index contributed by atoms with van der Waals surface area (Å²) in [5.41, 5.74) is 9.52. The van der Waals surface area contributed by atoms with Crippen molar-refractivity contribution in [2.24, 2.45) is 0 Å². The van der Waals surface area contributed by atoms with Gasteiger partial charge in [0.25, 0.3) is 0 Å². The fourth-order valence-corrected chi connectivity index (χ4v) is 1.88. The average molecular weight is 206 g/mol. The number of hydrogen-bond acceptors (Lipinski definition) is 2. The molecule has 0 amide bonds. The van der Waals surface area contributed by atoms with Gasteiger partial charge in [-0.2, -0.15) is 0 Å². The van der Waals surface area contributed by atoms with E-state index in [1.807, 2.05) is 12.1 Å². The number of rotatable bonds is 5. The van der Waals surface area contributed by atoms with Crippen LogP contribution in [0.2, 0.25) is 0 Å². The van der Waals surface area contributed by atoms with Crippen LogP contribution in [-0.4, -0.2) is 24.5 Å². The van der Waals surface area contributed by atoms with Crippen LogP contribution in [0.25, 0.3) is 0 Å². The zero-order chi connectivity index (χ0) is 11.3. The second-order valence-corrected chi connectivity index (χ2v) is 3.92. The van der Waals surface area contributed by atoms with E-state index in [1.165, 1.54) is 11.1 Å². The summed E-state index contributed by atoms with van der Waals surface area (Å²) in [6.45, 7) is 9.86. The van der Waals surface area contributed by atoms with Crippen LogP contribution < -0.4 is 5.73 Å². The topological polar surface area (TPSA) is 29.3 Å². The largest absolute Gasteiger partial charge is 0.398 e. The van der Waals surface area contributed by atoms with Crippen LogP contribution in [0.15, 0.2) is 18.2 Å². The van der Waals surface area contributed by atoms with Crippen LogP contribution in [0.3, 0.4) is 0 Å². The van der Waals surface area contributed by atoms with Gasteiger partial charge in [-0.1, -0.05) is 26.0 Å². The van der Waals surface area contributed by atoms with E-state index in [0.717, 1.165) is 31.7 Å². The van der Waals surface area contributed by atoms with Crippen molar-refractivity contribution in [1.29, 1.82) is 0 Å². The number of nitrogen functional groups attached to an aromatic ring is 1. The summed E-state index contributed by atoms with van der Waals surface area (Å²) in [7, 11) is 0. The maximum Gasteiger partial charge on any atom is 0.0349 e. The molecule has 0 saturated heterocycles. The van der Waals surface area contributed by atoms with Crippen molar-refractivity contribution in [1.82, 2.24) is 4.90 Å². The number of nitrogens with two attached hydrogens (primary N) is 1. The average Bonchev–Trinajstić information content (AvgIpc) is 2.23. The fraction of sp³-hybridized carbons (Fsp3) is 0.538. The van der Waals surface area contributed by atoms with Crippen LogP contribution in [0.1, 0.15) is 25.0 Å². The Kier molecular flexibility index (Phi) is 4.63. The van der Waals surface area contributed by atoms with Crippen molar-refractivity contribution in [3.05, 3.63) is 29.3 Å². The predicted octanol–water partition coefficient (Wildman–Crippen LogP) is 2.46. The van der Waals surface area contributed by atoms with Gasteiger partial charge in [-0.15, -0.1) is 0 Å². The van der Waals surface area contributed by atoms with Gasteiger partial charge in [0.15, 0.2) is 0 Å². The number of nitrogens with zero attached hydrogens (tertiary/aromatic N) is 1. The van der Waals surface area contributed by atoms with Gasteiger partial charge in [0.05, 0.1) is 0 Å². The summed E-state index contributed by atoms with van der Waals surface area (Å²) in [5.74, 6) is 0. The van der Waals surface area contributed by atoms with Gasteiger partial charge in [0.2, 0.25) is 0 Å². The van der Waals surface area contributed by atoms with Crippen molar-refractivity contribution < 1.29 is 0 Å². The Labute approximate surface area is 93.1 Å². The number of benzene rings is 1. The maximum atomic E-state index is 5.97. The molecule has 0 aliphatic heterocycles. The molecule has 0 heterocycles. The first-order valence-corrected chi connectivity index (χ1v) is 5.75. The Morgan fingerprint density at radius 3 is 2.40 bits per heavy atom. The Balaban J connectivity index is 2.64. The molecule has 0 radical (unpaired) electrons. The molecule has 0 aromatic heterocycles. The molecule has 0 saturated carbocycles. The molecule has 1 rings (SSSR count). The molecule has 0 bridgehead atoms. The van der Waals surface area contributed by atoms with Gasteiger partial charge in [0, 0.05) is 12.2 Å². The lowest BCUT2D eigenvalue weighted by Gasteiger charge is -2.19. The second-order valence-electron chi connectivity index (χ2n) is 3.92. The lowest BCUT2D eigenvalue weighted by atomic mass is 10.0. The highest BCUT2D eigenvalue weighted by Crippen LogP contribution is 2.16. The Hall–Kier alpha value is -1.02. The minimum Gasteiger partial charge on any atom is -0.398 e. The van der Waals surface area contributed by atoms with E-state index in [9.17, 15) is 0 Å². The monoisotopic (exact) mass is 206 g/mol. The van der Waals surface area contributed by atoms with Crippen LogP contribution in [0, 0.1) is 6.92 Å². The molecule has 2 nitrogen and oxygen atoms in total. The molecule has 0 unspecified atom stereocenters. The first-order valence-electron chi connectivity index (χ1n) is 5.75. The molecule has 0 aliphatic rings. The quantitative estimate of drug-likeness (QED) is 0.750. The highest BCUT2D eigenvalue weighted by molar-refractivity contribution is 5.50. The van der Waals surface area contributed by atoms with Crippen LogP contribution in [0.4, 0.5) is 5.69 Å². The van der Waals surface area contributed by atoms with E-state index in [-0.39, 0.29) is 0 Å². The van der Waals surface area contributed by atoms with Gasteiger partial charge < -0.3 is 10.6 Å². The fourth-order valence-electron chi connectivity index (χ4n) is 1.88. The summed E-state index contributed by atoms with van der Waals surface area (Å²) >= 11 is 0. The SMILES string of the molecule is CCN(CC)CCc1c(C)cccc1N. The predicted molar refractivity (Wildman–Crippen MR) is 67.1 cm³/mol. The zero-order valence-electron chi connectivity index (χ0n) is 10.1. The van der Waals surface area contributed by atoms with Gasteiger partial charge in [-0.05, 0) is 43.6 Å². The van der Waals surface area contributed by atoms with Crippen molar-refractivity contribution in [2.75, 3.05) is 25.4 Å². The van der Waals surface area contributed by atoms with Gasteiger partial charge in [-0.3, -0.25) is 0 Å². The van der Waals surface area contributed by atoms with Crippen LogP contribution >= 0.6 is 0 Å². The van der Waals surface area contributed by atoms with E-state index in [0.29, 0.717) is 0 Å². The molecule has 1 aromatic carbocycles. The van der Waals surface area contributed by atoms with Crippen molar-refractivity contribution in [2.45, 2.75) is 27.2 Å². The van der Waals surface area contributed by atoms with Crippen molar-refractivity contribution in [3.8, 4) is 0 Å². The maximum absolute atomic E-state index is 5.97. The zero-order valence-corrected chi connectivity index (χ0v) is 10.1. The lowest BCUT2D eigenvalue weighted by Crippen LogP contribution is -2.25. The molecule has 84 valence electrons. The normalized spacial score (nSPS) is 10.9. The van der Waals surface area contributed by atoms with E-state index in [1.54, 1.807) is 0 Å². The van der Waals surface area contributed by atoms with Crippen molar-refractivity contribution in [3.63, 3.8) is 0 Å². The Morgan fingerprint density at radius 2 is 1.87 bits per heavy atom. The van der Waals surface area contributed by atoms with E-state index >= 15 is 0 Å². The molecular formula is C13H22N2. The summed E-state index contributed by atoms with van der Waals surface area (Å²) in [5, 5.41) is 0. The number of anilines is 1. The smallest absolute Gasteiger partial charge is 0.0349 e. The first kappa shape index (κ1) is 12.1. The molecule has 0 aliphatic carbocycles. The Bertz CT molecular complexity index is 283. The molecule has 1 aromatic rings. The number of likely N-dealkylation sites (N-methyl/N-ethyl adjacent to an activating group) is 1. The molecule has 2 N–H and O–H groups in total. The standard InChI is InChI=1S/C13H22N2/c1-4-15(5-2)10-9-12-11(3)7-6-8-13(12)14/h6-8H,4-5,9-10,14H2,1-3H3. The van der Waals surface area contributed by atoms with Crippen LogP contribution in [0.5, 0.6) is 0 Å². The third kappa shape index (κ3) is 3.24. The summed E-state index contributed by atoms with van der Waals surface area (Å²) < 4.78 is 0. The van der Waals surface area contributed by atoms with Gasteiger partial charge in [-0.25, -0.2) is 0 Å².